The lowest BCUT2D eigenvalue weighted by Gasteiger charge is -2.07. The largest absolute Gasteiger partial charge is 0.365 e. The van der Waals surface area contributed by atoms with Crippen molar-refractivity contribution in [2.45, 2.75) is 13.8 Å². The van der Waals surface area contributed by atoms with Crippen LogP contribution >= 0.6 is 0 Å². The number of carbonyl (C=O) groups is 1. The van der Waals surface area contributed by atoms with E-state index in [1.807, 2.05) is 19.1 Å². The van der Waals surface area contributed by atoms with E-state index in [4.69, 9.17) is 11.0 Å². The third-order valence-corrected chi connectivity index (χ3v) is 1.94. The molecule has 16 heavy (non-hydrogen) atoms. The smallest absolute Gasteiger partial charge is 0.261 e. The second-order valence-corrected chi connectivity index (χ2v) is 3.27. The predicted molar refractivity (Wildman–Crippen MR) is 60.1 cm³/mol. The Bertz CT molecular complexity index is 485. The molecule has 0 unspecified atom stereocenters. The maximum absolute atomic E-state index is 10.9. The van der Waals surface area contributed by atoms with Crippen LogP contribution in [0.1, 0.15) is 12.6 Å². The number of carbonyl (C=O) groups excluding carboxylic acids is 1. The Balaban J connectivity index is 2.98. The van der Waals surface area contributed by atoms with E-state index in [1.165, 1.54) is 0 Å². The highest BCUT2D eigenvalue weighted by atomic mass is 16.1. The number of allylic oxidation sites excluding steroid dienone is 1. The van der Waals surface area contributed by atoms with Gasteiger partial charge in [0.15, 0.2) is 0 Å². The van der Waals surface area contributed by atoms with Gasteiger partial charge in [0.2, 0.25) is 0 Å². The van der Waals surface area contributed by atoms with E-state index in [2.05, 4.69) is 10.3 Å². The molecule has 1 aromatic rings. The van der Waals surface area contributed by atoms with Crippen molar-refractivity contribution in [2.24, 2.45) is 5.73 Å². The van der Waals surface area contributed by atoms with Gasteiger partial charge in [0.05, 0.1) is 0 Å². The Kier molecular flexibility index (Phi) is 3.62. The zero-order valence-electron chi connectivity index (χ0n) is 9.11. The summed E-state index contributed by atoms with van der Waals surface area (Å²) >= 11 is 0. The summed E-state index contributed by atoms with van der Waals surface area (Å²) in [6.07, 6.45) is 0. The number of nitrogens with two attached hydrogens (primary N) is 1. The fourth-order valence-electron chi connectivity index (χ4n) is 1.19. The molecule has 5 nitrogen and oxygen atoms in total. The number of hydrogen-bond acceptors (Lipinski definition) is 4. The van der Waals surface area contributed by atoms with Crippen molar-refractivity contribution >= 4 is 11.7 Å². The van der Waals surface area contributed by atoms with Gasteiger partial charge in [-0.1, -0.05) is 6.07 Å². The number of aryl methyl sites for hydroxylation is 1. The van der Waals surface area contributed by atoms with E-state index in [0.29, 0.717) is 11.5 Å². The van der Waals surface area contributed by atoms with Gasteiger partial charge in [-0.15, -0.1) is 0 Å². The Labute approximate surface area is 93.6 Å². The number of nitrogens with one attached hydrogen (secondary N) is 1. The first kappa shape index (κ1) is 11.7. The van der Waals surface area contributed by atoms with E-state index in [9.17, 15) is 4.79 Å². The Morgan fingerprint density at radius 2 is 2.25 bits per heavy atom. The molecule has 0 atom stereocenters. The van der Waals surface area contributed by atoms with Gasteiger partial charge in [0, 0.05) is 11.4 Å². The molecule has 1 aromatic heterocycles. The summed E-state index contributed by atoms with van der Waals surface area (Å²) in [4.78, 5) is 15.1. The second-order valence-electron chi connectivity index (χ2n) is 3.27. The van der Waals surface area contributed by atoms with Crippen LogP contribution in [-0.2, 0) is 4.79 Å². The summed E-state index contributed by atoms with van der Waals surface area (Å²) in [6, 6.07) is 7.17. The molecule has 1 amide bonds. The van der Waals surface area contributed by atoms with Crippen LogP contribution in [0.15, 0.2) is 29.5 Å². The third kappa shape index (κ3) is 2.82. The molecule has 0 bridgehead atoms. The zero-order chi connectivity index (χ0) is 12.1. The number of pyridine rings is 1. The molecular weight excluding hydrogens is 204 g/mol. The minimum Gasteiger partial charge on any atom is -0.365 e. The topological polar surface area (TPSA) is 91.8 Å². The Hall–Kier alpha value is -2.35. The van der Waals surface area contributed by atoms with Gasteiger partial charge in [-0.25, -0.2) is 4.98 Å². The van der Waals surface area contributed by atoms with Crippen molar-refractivity contribution < 1.29 is 4.79 Å². The quantitative estimate of drug-likeness (QED) is 0.584. The summed E-state index contributed by atoms with van der Waals surface area (Å²) < 4.78 is 0. The number of nitrogens with zero attached hydrogens (tertiary/aromatic N) is 2. The van der Waals surface area contributed by atoms with E-state index in [-0.39, 0.29) is 5.57 Å². The highest BCUT2D eigenvalue weighted by Crippen LogP contribution is 2.09. The van der Waals surface area contributed by atoms with E-state index >= 15 is 0 Å². The predicted octanol–water partition coefficient (Wildman–Crippen LogP) is 1.08. The lowest BCUT2D eigenvalue weighted by atomic mass is 10.2. The Morgan fingerprint density at radius 1 is 1.56 bits per heavy atom. The first-order chi connectivity index (χ1) is 7.54. The van der Waals surface area contributed by atoms with E-state index in [1.54, 1.807) is 19.1 Å². The lowest BCUT2D eigenvalue weighted by molar-refractivity contribution is -0.114. The maximum Gasteiger partial charge on any atom is 0.261 e. The number of hydrogen-bond donors (Lipinski definition) is 2. The van der Waals surface area contributed by atoms with Crippen LogP contribution in [0.2, 0.25) is 0 Å². The van der Waals surface area contributed by atoms with Crippen molar-refractivity contribution in [3.63, 3.8) is 0 Å². The average molecular weight is 216 g/mol. The fraction of sp³-hybridized carbons (Fsp3) is 0.182. The van der Waals surface area contributed by atoms with Crippen LogP contribution in [0, 0.1) is 18.3 Å². The van der Waals surface area contributed by atoms with Crippen LogP contribution in [0.3, 0.4) is 0 Å². The van der Waals surface area contributed by atoms with E-state index in [0.717, 1.165) is 5.69 Å². The number of anilines is 1. The summed E-state index contributed by atoms with van der Waals surface area (Å²) in [5.41, 5.74) is 6.20. The standard InChI is InChI=1S/C11H12N4O/c1-7-4-3-5-10(14-7)15-8(2)9(6-12)11(13)16/h3-5H,1-2H3,(H2,13,16)(H,14,15)/b9-8+. The molecule has 0 saturated heterocycles. The maximum atomic E-state index is 10.9. The first-order valence-corrected chi connectivity index (χ1v) is 4.66. The summed E-state index contributed by atoms with van der Waals surface area (Å²) in [6.45, 7) is 3.46. The minimum atomic E-state index is -0.750. The molecule has 0 radical (unpaired) electrons. The van der Waals surface area contributed by atoms with Crippen LogP contribution in [0.5, 0.6) is 0 Å². The molecular formula is C11H12N4O. The average Bonchev–Trinajstić information content (AvgIpc) is 2.17. The van der Waals surface area contributed by atoms with Crippen molar-refractivity contribution in [3.05, 3.63) is 35.2 Å². The van der Waals surface area contributed by atoms with Gasteiger partial charge in [0.25, 0.3) is 5.91 Å². The van der Waals surface area contributed by atoms with Gasteiger partial charge in [-0.3, -0.25) is 4.79 Å². The molecule has 0 fully saturated rings. The fourth-order valence-corrected chi connectivity index (χ4v) is 1.19. The van der Waals surface area contributed by atoms with Crippen molar-refractivity contribution in [2.75, 3.05) is 5.32 Å². The lowest BCUT2D eigenvalue weighted by Crippen LogP contribution is -2.16. The third-order valence-electron chi connectivity index (χ3n) is 1.94. The van der Waals surface area contributed by atoms with Gasteiger partial charge >= 0.3 is 0 Å². The summed E-state index contributed by atoms with van der Waals surface area (Å²) in [5.74, 6) is -0.174. The molecule has 3 N–H and O–H groups in total. The molecule has 0 saturated carbocycles. The molecule has 0 aliphatic heterocycles. The number of amides is 1. The molecule has 0 aliphatic carbocycles. The highest BCUT2D eigenvalue weighted by Gasteiger charge is 2.08. The summed E-state index contributed by atoms with van der Waals surface area (Å²) in [7, 11) is 0. The van der Waals surface area contributed by atoms with Crippen LogP contribution in [0.4, 0.5) is 5.82 Å². The molecule has 1 heterocycles. The molecule has 1 rings (SSSR count). The van der Waals surface area contributed by atoms with Crippen LogP contribution in [-0.4, -0.2) is 10.9 Å². The first-order valence-electron chi connectivity index (χ1n) is 4.66. The van der Waals surface area contributed by atoms with E-state index < -0.39 is 5.91 Å². The van der Waals surface area contributed by atoms with Crippen molar-refractivity contribution in [1.82, 2.24) is 4.98 Å². The minimum absolute atomic E-state index is 0.0942. The van der Waals surface area contributed by atoms with Gasteiger partial charge in [-0.2, -0.15) is 5.26 Å². The molecule has 0 aromatic carbocycles. The zero-order valence-corrected chi connectivity index (χ0v) is 9.11. The second kappa shape index (κ2) is 4.94. The number of primary amides is 1. The molecule has 5 heteroatoms. The van der Waals surface area contributed by atoms with Gasteiger partial charge in [0.1, 0.15) is 17.5 Å². The van der Waals surface area contributed by atoms with Crippen LogP contribution in [0.25, 0.3) is 0 Å². The number of rotatable bonds is 3. The SMILES string of the molecule is C/C(Nc1cccc(C)n1)=C(/C#N)C(N)=O. The van der Waals surface area contributed by atoms with Crippen molar-refractivity contribution in [1.29, 1.82) is 5.26 Å². The monoisotopic (exact) mass is 216 g/mol. The number of aromatic nitrogens is 1. The molecule has 0 spiro atoms. The molecule has 0 aliphatic rings. The van der Waals surface area contributed by atoms with Crippen LogP contribution < -0.4 is 11.1 Å². The normalized spacial score (nSPS) is 11.3. The van der Waals surface area contributed by atoms with Gasteiger partial charge < -0.3 is 11.1 Å². The van der Waals surface area contributed by atoms with Crippen molar-refractivity contribution in [3.8, 4) is 6.07 Å². The summed E-state index contributed by atoms with van der Waals surface area (Å²) in [5, 5.41) is 11.6. The molecule has 82 valence electrons. The number of nitriles is 1. The van der Waals surface area contributed by atoms with Gasteiger partial charge in [-0.05, 0) is 26.0 Å². The highest BCUT2D eigenvalue weighted by molar-refractivity contribution is 5.97. The Morgan fingerprint density at radius 3 is 2.75 bits per heavy atom.